The van der Waals surface area contributed by atoms with Crippen LogP contribution in [-0.2, 0) is 20.0 Å². The number of sulfone groups is 1. The van der Waals surface area contributed by atoms with Crippen molar-refractivity contribution in [3.63, 3.8) is 0 Å². The lowest BCUT2D eigenvalue weighted by atomic mass is 9.79. The van der Waals surface area contributed by atoms with Crippen LogP contribution in [0.25, 0.3) is 0 Å². The Balaban J connectivity index is 1.68. The van der Waals surface area contributed by atoms with Crippen LogP contribution in [0.1, 0.15) is 31.2 Å². The second-order valence-electron chi connectivity index (χ2n) is 6.98. The Morgan fingerprint density at radius 3 is 2.22 bits per heavy atom. The van der Waals surface area contributed by atoms with Gasteiger partial charge in [-0.15, -0.1) is 0 Å². The minimum atomic E-state index is -3.73. The fraction of sp³-hybridized carbons (Fsp3) is 0.350. The maximum Gasteiger partial charge on any atom is 0.235 e. The number of nitrogens with one attached hydrogen (secondary N) is 1. The van der Waals surface area contributed by atoms with Crippen molar-refractivity contribution >= 4 is 27.3 Å². The van der Waals surface area contributed by atoms with E-state index in [0.717, 1.165) is 31.2 Å². The molecule has 144 valence electrons. The lowest BCUT2D eigenvalue weighted by Gasteiger charge is -2.30. The average molecular weight is 410 g/mol. The fourth-order valence-corrected chi connectivity index (χ4v) is 4.93. The third kappa shape index (κ3) is 4.68. The molecule has 1 amide bonds. The van der Waals surface area contributed by atoms with Gasteiger partial charge in [0.25, 0.3) is 0 Å². The van der Waals surface area contributed by atoms with Crippen molar-refractivity contribution in [3.8, 4) is 0 Å². The molecule has 0 heterocycles. The molecule has 4 nitrogen and oxygen atoms in total. The van der Waals surface area contributed by atoms with Gasteiger partial charge in [-0.2, -0.15) is 0 Å². The minimum Gasteiger partial charge on any atom is -0.354 e. The number of hydrogen-bond donors (Lipinski definition) is 1. The highest BCUT2D eigenvalue weighted by atomic mass is 35.5. The van der Waals surface area contributed by atoms with Crippen molar-refractivity contribution in [2.24, 2.45) is 0 Å². The first-order valence-electron chi connectivity index (χ1n) is 8.82. The van der Waals surface area contributed by atoms with Gasteiger partial charge >= 0.3 is 0 Å². The maximum absolute atomic E-state index is 13.2. The van der Waals surface area contributed by atoms with E-state index >= 15 is 0 Å². The van der Waals surface area contributed by atoms with Gasteiger partial charge in [-0.3, -0.25) is 4.79 Å². The second-order valence-corrected chi connectivity index (χ2v) is 9.41. The molecule has 0 radical (unpaired) electrons. The van der Waals surface area contributed by atoms with Crippen LogP contribution in [0.3, 0.4) is 0 Å². The highest BCUT2D eigenvalue weighted by Gasteiger charge is 2.36. The molecule has 1 fully saturated rings. The van der Waals surface area contributed by atoms with Crippen molar-refractivity contribution in [1.29, 1.82) is 0 Å². The van der Waals surface area contributed by atoms with Crippen LogP contribution in [0.2, 0.25) is 5.02 Å². The highest BCUT2D eigenvalue weighted by Crippen LogP contribution is 2.40. The first-order valence-corrected chi connectivity index (χ1v) is 10.8. The number of halogens is 2. The summed E-state index contributed by atoms with van der Waals surface area (Å²) in [6.07, 6.45) is 3.80. The third-order valence-electron chi connectivity index (χ3n) is 5.14. The number of amides is 1. The zero-order chi connectivity index (χ0) is 19.5. The van der Waals surface area contributed by atoms with E-state index in [4.69, 9.17) is 11.6 Å². The van der Waals surface area contributed by atoms with E-state index in [0.29, 0.717) is 11.6 Å². The summed E-state index contributed by atoms with van der Waals surface area (Å²) < 4.78 is 38.0. The normalized spacial score (nSPS) is 16.2. The molecule has 3 rings (SSSR count). The van der Waals surface area contributed by atoms with Gasteiger partial charge in [0.15, 0.2) is 9.84 Å². The standard InChI is InChI=1S/C20H21ClFNO3S/c21-16-5-9-18(10-6-16)27(25,26)13-19(24)23-14-20(11-1-2-12-20)15-3-7-17(22)8-4-15/h3-10H,1-2,11-14H2,(H,23,24). The van der Waals surface area contributed by atoms with Gasteiger partial charge in [-0.25, -0.2) is 12.8 Å². The number of benzene rings is 2. The van der Waals surface area contributed by atoms with Crippen molar-refractivity contribution in [2.45, 2.75) is 36.0 Å². The Kier molecular flexibility index (Phi) is 5.86. The first kappa shape index (κ1) is 19.8. The third-order valence-corrected chi connectivity index (χ3v) is 7.02. The van der Waals surface area contributed by atoms with Crippen molar-refractivity contribution in [1.82, 2.24) is 5.32 Å². The highest BCUT2D eigenvalue weighted by molar-refractivity contribution is 7.92. The molecule has 1 aliphatic carbocycles. The summed E-state index contributed by atoms with van der Waals surface area (Å²) in [4.78, 5) is 12.4. The summed E-state index contributed by atoms with van der Waals surface area (Å²) >= 11 is 5.78. The second kappa shape index (κ2) is 7.98. The molecule has 0 atom stereocenters. The van der Waals surface area contributed by atoms with E-state index in [9.17, 15) is 17.6 Å². The molecule has 0 spiro atoms. The summed E-state index contributed by atoms with van der Waals surface area (Å²) in [6, 6.07) is 12.1. The monoisotopic (exact) mass is 409 g/mol. The molecule has 0 saturated heterocycles. The molecular formula is C20H21ClFNO3S. The van der Waals surface area contributed by atoms with Crippen LogP contribution >= 0.6 is 11.6 Å². The van der Waals surface area contributed by atoms with Crippen molar-refractivity contribution in [2.75, 3.05) is 12.3 Å². The van der Waals surface area contributed by atoms with Crippen LogP contribution in [-0.4, -0.2) is 26.6 Å². The predicted octanol–water partition coefficient (Wildman–Crippen LogP) is 3.88. The smallest absolute Gasteiger partial charge is 0.235 e. The van der Waals surface area contributed by atoms with Gasteiger partial charge in [0.2, 0.25) is 5.91 Å². The Labute approximate surface area is 163 Å². The fourth-order valence-electron chi connectivity index (χ4n) is 3.64. The zero-order valence-electron chi connectivity index (χ0n) is 14.8. The first-order chi connectivity index (χ1) is 12.8. The quantitative estimate of drug-likeness (QED) is 0.787. The Bertz CT molecular complexity index is 905. The minimum absolute atomic E-state index is 0.0659. The average Bonchev–Trinajstić information content (AvgIpc) is 3.11. The summed E-state index contributed by atoms with van der Waals surface area (Å²) in [5, 5.41) is 3.21. The lowest BCUT2D eigenvalue weighted by Crippen LogP contribution is -2.41. The van der Waals surface area contributed by atoms with Crippen molar-refractivity contribution < 1.29 is 17.6 Å². The maximum atomic E-state index is 13.2. The van der Waals surface area contributed by atoms with Gasteiger partial charge in [-0.1, -0.05) is 36.6 Å². The van der Waals surface area contributed by atoms with Gasteiger partial charge in [0.05, 0.1) is 4.90 Å². The zero-order valence-corrected chi connectivity index (χ0v) is 16.3. The van der Waals surface area contributed by atoms with E-state index < -0.39 is 21.5 Å². The topological polar surface area (TPSA) is 63.2 Å². The summed E-state index contributed by atoms with van der Waals surface area (Å²) in [5.74, 6) is -1.46. The Morgan fingerprint density at radius 1 is 1.04 bits per heavy atom. The van der Waals surface area contributed by atoms with E-state index in [2.05, 4.69) is 5.32 Å². The Hall–Kier alpha value is -1.92. The molecule has 0 bridgehead atoms. The van der Waals surface area contributed by atoms with Gasteiger partial charge in [0.1, 0.15) is 11.6 Å². The number of hydrogen-bond acceptors (Lipinski definition) is 3. The predicted molar refractivity (Wildman–Crippen MR) is 103 cm³/mol. The Morgan fingerprint density at radius 2 is 1.63 bits per heavy atom. The van der Waals surface area contributed by atoms with E-state index in [1.165, 1.54) is 36.4 Å². The number of carbonyl (C=O) groups is 1. The van der Waals surface area contributed by atoms with Gasteiger partial charge < -0.3 is 5.32 Å². The number of rotatable bonds is 6. The molecule has 1 saturated carbocycles. The van der Waals surface area contributed by atoms with Crippen LogP contribution in [0.5, 0.6) is 0 Å². The van der Waals surface area contributed by atoms with E-state index in [-0.39, 0.29) is 16.1 Å². The molecule has 27 heavy (non-hydrogen) atoms. The molecule has 2 aromatic rings. The molecule has 1 aliphatic rings. The van der Waals surface area contributed by atoms with E-state index in [1.54, 1.807) is 12.1 Å². The lowest BCUT2D eigenvalue weighted by molar-refractivity contribution is -0.118. The molecule has 2 aromatic carbocycles. The SMILES string of the molecule is O=C(CS(=O)(=O)c1ccc(Cl)cc1)NCC1(c2ccc(F)cc2)CCCC1. The molecular weight excluding hydrogens is 389 g/mol. The summed E-state index contributed by atoms with van der Waals surface area (Å²) in [6.45, 7) is 0.341. The molecule has 7 heteroatoms. The van der Waals surface area contributed by atoms with Crippen LogP contribution in [0.4, 0.5) is 4.39 Å². The molecule has 1 N–H and O–H groups in total. The summed E-state index contributed by atoms with van der Waals surface area (Å²) in [5.41, 5.74) is 0.704. The van der Waals surface area contributed by atoms with E-state index in [1.807, 2.05) is 0 Å². The van der Waals surface area contributed by atoms with Gasteiger partial charge in [0, 0.05) is 17.0 Å². The van der Waals surface area contributed by atoms with Crippen LogP contribution in [0, 0.1) is 5.82 Å². The molecule has 0 aliphatic heterocycles. The summed E-state index contributed by atoms with van der Waals surface area (Å²) in [7, 11) is -3.73. The van der Waals surface area contributed by atoms with Crippen molar-refractivity contribution in [3.05, 3.63) is 64.9 Å². The van der Waals surface area contributed by atoms with Crippen LogP contribution in [0.15, 0.2) is 53.4 Å². The van der Waals surface area contributed by atoms with Gasteiger partial charge in [-0.05, 0) is 54.8 Å². The largest absolute Gasteiger partial charge is 0.354 e. The molecule has 0 aromatic heterocycles. The molecule has 0 unspecified atom stereocenters. The number of carbonyl (C=O) groups excluding carboxylic acids is 1. The van der Waals surface area contributed by atoms with Crippen LogP contribution < -0.4 is 5.32 Å².